The number of piperazine rings is 1. The summed E-state index contributed by atoms with van der Waals surface area (Å²) in [6, 6.07) is 2.62. The fourth-order valence-corrected chi connectivity index (χ4v) is 2.11. The van der Waals surface area contributed by atoms with Crippen molar-refractivity contribution in [1.29, 1.82) is 0 Å². The summed E-state index contributed by atoms with van der Waals surface area (Å²) >= 11 is 0. The molecule has 2 heterocycles. The Morgan fingerprint density at radius 2 is 1.95 bits per heavy atom. The molecule has 1 fully saturated rings. The van der Waals surface area contributed by atoms with Crippen molar-refractivity contribution in [3.05, 3.63) is 24.0 Å². The summed E-state index contributed by atoms with van der Waals surface area (Å²) in [4.78, 5) is 30.3. The molecule has 1 saturated heterocycles. The van der Waals surface area contributed by atoms with E-state index in [0.717, 1.165) is 13.1 Å². The SMILES string of the molecule is O=C(O)c1ccc(NC(=O)N2CCN(CCO)CC2)cn1. The highest BCUT2D eigenvalue weighted by atomic mass is 16.4. The van der Waals surface area contributed by atoms with Crippen LogP contribution in [0.25, 0.3) is 0 Å². The average molecular weight is 294 g/mol. The maximum absolute atomic E-state index is 12.1. The summed E-state index contributed by atoms with van der Waals surface area (Å²) in [5, 5.41) is 20.3. The molecule has 1 aromatic rings. The Labute approximate surface area is 122 Å². The van der Waals surface area contributed by atoms with Gasteiger partial charge in [-0.2, -0.15) is 0 Å². The lowest BCUT2D eigenvalue weighted by Gasteiger charge is -2.34. The van der Waals surface area contributed by atoms with E-state index in [1.54, 1.807) is 4.90 Å². The number of hydrogen-bond acceptors (Lipinski definition) is 5. The van der Waals surface area contributed by atoms with E-state index in [1.807, 2.05) is 0 Å². The van der Waals surface area contributed by atoms with Gasteiger partial charge in [-0.05, 0) is 12.1 Å². The molecule has 1 aliphatic heterocycles. The molecule has 0 unspecified atom stereocenters. The molecular formula is C13H18N4O4. The van der Waals surface area contributed by atoms with Crippen LogP contribution in [0.2, 0.25) is 0 Å². The van der Waals surface area contributed by atoms with Crippen molar-refractivity contribution in [3.8, 4) is 0 Å². The number of carboxylic acids is 1. The number of urea groups is 1. The minimum Gasteiger partial charge on any atom is -0.477 e. The number of pyridine rings is 1. The van der Waals surface area contributed by atoms with Crippen molar-refractivity contribution >= 4 is 17.7 Å². The highest BCUT2D eigenvalue weighted by molar-refractivity contribution is 5.90. The molecule has 0 atom stereocenters. The molecular weight excluding hydrogens is 276 g/mol. The number of rotatable bonds is 4. The van der Waals surface area contributed by atoms with E-state index in [4.69, 9.17) is 10.2 Å². The van der Waals surface area contributed by atoms with Crippen molar-refractivity contribution in [1.82, 2.24) is 14.8 Å². The van der Waals surface area contributed by atoms with Gasteiger partial charge in [0.1, 0.15) is 5.69 Å². The Balaban J connectivity index is 1.86. The molecule has 0 spiro atoms. The molecule has 0 bridgehead atoms. The first-order valence-corrected chi connectivity index (χ1v) is 6.68. The summed E-state index contributed by atoms with van der Waals surface area (Å²) in [5.74, 6) is -1.10. The zero-order valence-corrected chi connectivity index (χ0v) is 11.5. The summed E-state index contributed by atoms with van der Waals surface area (Å²) < 4.78 is 0. The molecule has 0 aromatic carbocycles. The Kier molecular flexibility index (Phi) is 5.07. The lowest BCUT2D eigenvalue weighted by Crippen LogP contribution is -2.50. The number of aromatic carboxylic acids is 1. The van der Waals surface area contributed by atoms with Crippen molar-refractivity contribution in [3.63, 3.8) is 0 Å². The Hall–Kier alpha value is -2.19. The van der Waals surface area contributed by atoms with Crippen molar-refractivity contribution in [2.24, 2.45) is 0 Å². The molecule has 8 heteroatoms. The van der Waals surface area contributed by atoms with Gasteiger partial charge in [-0.25, -0.2) is 14.6 Å². The van der Waals surface area contributed by atoms with Gasteiger partial charge in [-0.15, -0.1) is 0 Å². The van der Waals surface area contributed by atoms with E-state index in [-0.39, 0.29) is 18.3 Å². The molecule has 3 N–H and O–H groups in total. The molecule has 0 radical (unpaired) electrons. The van der Waals surface area contributed by atoms with E-state index in [9.17, 15) is 9.59 Å². The van der Waals surface area contributed by atoms with E-state index in [1.165, 1.54) is 18.3 Å². The summed E-state index contributed by atoms with van der Waals surface area (Å²) in [6.45, 7) is 3.37. The molecule has 8 nitrogen and oxygen atoms in total. The zero-order chi connectivity index (χ0) is 15.2. The third-order valence-corrected chi connectivity index (χ3v) is 3.31. The molecule has 0 aliphatic carbocycles. The number of β-amino-alcohol motifs (C(OH)–C–C–N with tert-alkyl or cyclic N) is 1. The lowest BCUT2D eigenvalue weighted by atomic mass is 10.3. The number of nitrogens with zero attached hydrogens (tertiary/aromatic N) is 3. The molecule has 1 aliphatic rings. The fourth-order valence-electron chi connectivity index (χ4n) is 2.11. The minimum atomic E-state index is -1.10. The number of carbonyl (C=O) groups excluding carboxylic acids is 1. The molecule has 0 saturated carbocycles. The van der Waals surface area contributed by atoms with Crippen LogP contribution in [0.5, 0.6) is 0 Å². The second kappa shape index (κ2) is 7.00. The van der Waals surface area contributed by atoms with Crippen LogP contribution in [-0.4, -0.2) is 76.3 Å². The highest BCUT2D eigenvalue weighted by Gasteiger charge is 2.20. The second-order valence-electron chi connectivity index (χ2n) is 4.72. The van der Waals surface area contributed by atoms with Crippen LogP contribution in [0.15, 0.2) is 18.3 Å². The van der Waals surface area contributed by atoms with Crippen LogP contribution >= 0.6 is 0 Å². The average Bonchev–Trinajstić information content (AvgIpc) is 2.49. The topological polar surface area (TPSA) is 106 Å². The molecule has 2 amide bonds. The second-order valence-corrected chi connectivity index (χ2v) is 4.72. The van der Waals surface area contributed by atoms with E-state index in [2.05, 4.69) is 15.2 Å². The quantitative estimate of drug-likeness (QED) is 0.717. The zero-order valence-electron chi connectivity index (χ0n) is 11.5. The van der Waals surface area contributed by atoms with Crippen LogP contribution in [0.1, 0.15) is 10.5 Å². The van der Waals surface area contributed by atoms with Gasteiger partial charge >= 0.3 is 12.0 Å². The van der Waals surface area contributed by atoms with Crippen LogP contribution < -0.4 is 5.32 Å². The minimum absolute atomic E-state index is 0.0642. The summed E-state index contributed by atoms with van der Waals surface area (Å²) in [6.07, 6.45) is 1.32. The number of anilines is 1. The van der Waals surface area contributed by atoms with E-state index < -0.39 is 5.97 Å². The van der Waals surface area contributed by atoms with Crippen LogP contribution in [0.4, 0.5) is 10.5 Å². The van der Waals surface area contributed by atoms with Gasteiger partial charge < -0.3 is 20.4 Å². The molecule has 21 heavy (non-hydrogen) atoms. The first-order chi connectivity index (χ1) is 10.1. The molecule has 2 rings (SSSR count). The Morgan fingerprint density at radius 3 is 2.48 bits per heavy atom. The Morgan fingerprint density at radius 1 is 1.24 bits per heavy atom. The van der Waals surface area contributed by atoms with Crippen molar-refractivity contribution in [2.75, 3.05) is 44.6 Å². The smallest absolute Gasteiger partial charge is 0.354 e. The summed E-state index contributed by atoms with van der Waals surface area (Å²) in [7, 11) is 0. The van der Waals surface area contributed by atoms with Gasteiger partial charge in [0.05, 0.1) is 18.5 Å². The third kappa shape index (κ3) is 4.14. The summed E-state index contributed by atoms with van der Waals surface area (Å²) in [5.41, 5.74) is 0.397. The monoisotopic (exact) mass is 294 g/mol. The van der Waals surface area contributed by atoms with Crippen molar-refractivity contribution < 1.29 is 19.8 Å². The molecule has 114 valence electrons. The third-order valence-electron chi connectivity index (χ3n) is 3.31. The standard InChI is InChI=1S/C13H18N4O4/c18-8-7-16-3-5-17(6-4-16)13(21)15-10-1-2-11(12(19)20)14-9-10/h1-2,9,18H,3-8H2,(H,15,21)(H,19,20). The number of nitrogens with one attached hydrogen (secondary N) is 1. The first-order valence-electron chi connectivity index (χ1n) is 6.68. The van der Waals surface area contributed by atoms with Gasteiger partial charge in [0.25, 0.3) is 0 Å². The normalized spacial score (nSPS) is 15.8. The van der Waals surface area contributed by atoms with Crippen LogP contribution in [0, 0.1) is 0 Å². The number of carboxylic acid groups (broad SMARTS) is 1. The largest absolute Gasteiger partial charge is 0.477 e. The number of aliphatic hydroxyl groups excluding tert-OH is 1. The van der Waals surface area contributed by atoms with Crippen LogP contribution in [-0.2, 0) is 0 Å². The van der Waals surface area contributed by atoms with Gasteiger partial charge in [0, 0.05) is 32.7 Å². The number of amides is 2. The van der Waals surface area contributed by atoms with Gasteiger partial charge in [-0.1, -0.05) is 0 Å². The fraction of sp³-hybridized carbons (Fsp3) is 0.462. The van der Waals surface area contributed by atoms with Gasteiger partial charge in [0.15, 0.2) is 0 Å². The predicted octanol–water partition coefficient (Wildman–Crippen LogP) is -0.0784. The lowest BCUT2D eigenvalue weighted by molar-refractivity contribution is 0.0690. The first kappa shape index (κ1) is 15.2. The number of aliphatic hydroxyl groups is 1. The maximum Gasteiger partial charge on any atom is 0.354 e. The van der Waals surface area contributed by atoms with Crippen molar-refractivity contribution in [2.45, 2.75) is 0 Å². The number of hydrogen-bond donors (Lipinski definition) is 3. The molecule has 1 aromatic heterocycles. The maximum atomic E-state index is 12.1. The Bertz CT molecular complexity index is 497. The van der Waals surface area contributed by atoms with Gasteiger partial charge in [0.2, 0.25) is 0 Å². The van der Waals surface area contributed by atoms with E-state index in [0.29, 0.717) is 25.3 Å². The highest BCUT2D eigenvalue weighted by Crippen LogP contribution is 2.09. The van der Waals surface area contributed by atoms with E-state index >= 15 is 0 Å². The number of aromatic nitrogens is 1. The number of carbonyl (C=O) groups is 2. The van der Waals surface area contributed by atoms with Crippen LogP contribution in [0.3, 0.4) is 0 Å². The predicted molar refractivity (Wildman–Crippen MR) is 75.3 cm³/mol. The van der Waals surface area contributed by atoms with Gasteiger partial charge in [-0.3, -0.25) is 4.90 Å².